The van der Waals surface area contributed by atoms with Gasteiger partial charge in [0.25, 0.3) is 0 Å². The topological polar surface area (TPSA) is 118 Å². The van der Waals surface area contributed by atoms with Crippen molar-refractivity contribution in [1.29, 1.82) is 5.26 Å². The second-order valence-electron chi connectivity index (χ2n) is 6.24. The standard InChI is InChI=1S/C19H14F2N8/c1-10(27-17-14(8-22)16(23)25-9-26-17)19-28-18-15(3-2-4-24-18)29(19)13-6-11(20)5-12(21)7-13/h2-7,9-10H,1H3,(H3,23,25,26,27)/t10-/m1/s1. The van der Waals surface area contributed by atoms with Gasteiger partial charge in [-0.25, -0.2) is 28.7 Å². The van der Waals surface area contributed by atoms with Gasteiger partial charge in [-0.2, -0.15) is 5.26 Å². The molecule has 0 radical (unpaired) electrons. The third kappa shape index (κ3) is 3.29. The van der Waals surface area contributed by atoms with Crippen LogP contribution in [-0.2, 0) is 0 Å². The minimum absolute atomic E-state index is 0.0413. The normalized spacial score (nSPS) is 11.9. The molecule has 0 unspecified atom stereocenters. The first-order valence-corrected chi connectivity index (χ1v) is 8.55. The molecular weight excluding hydrogens is 378 g/mol. The highest BCUT2D eigenvalue weighted by molar-refractivity contribution is 5.74. The Labute approximate surface area is 163 Å². The zero-order valence-corrected chi connectivity index (χ0v) is 15.1. The molecule has 0 aliphatic rings. The Balaban J connectivity index is 1.86. The molecule has 8 nitrogen and oxygen atoms in total. The maximum Gasteiger partial charge on any atom is 0.178 e. The van der Waals surface area contributed by atoms with Crippen LogP contribution in [0.5, 0.6) is 0 Å². The third-order valence-electron chi connectivity index (χ3n) is 4.29. The van der Waals surface area contributed by atoms with Crippen molar-refractivity contribution in [2.24, 2.45) is 0 Å². The molecule has 0 amide bonds. The van der Waals surface area contributed by atoms with E-state index in [-0.39, 0.29) is 22.9 Å². The lowest BCUT2D eigenvalue weighted by atomic mass is 10.2. The van der Waals surface area contributed by atoms with Crippen LogP contribution >= 0.6 is 0 Å². The predicted octanol–water partition coefficient (Wildman–Crippen LogP) is 3.12. The lowest BCUT2D eigenvalue weighted by Crippen LogP contribution is -2.15. The Bertz CT molecular complexity index is 1240. The highest BCUT2D eigenvalue weighted by Gasteiger charge is 2.21. The van der Waals surface area contributed by atoms with E-state index in [1.54, 1.807) is 29.8 Å². The van der Waals surface area contributed by atoms with Gasteiger partial charge in [-0.1, -0.05) is 0 Å². The van der Waals surface area contributed by atoms with Gasteiger partial charge in [-0.3, -0.25) is 4.57 Å². The Hall–Kier alpha value is -4.13. The van der Waals surface area contributed by atoms with Crippen molar-refractivity contribution in [1.82, 2.24) is 24.5 Å². The average Bonchev–Trinajstić information content (AvgIpc) is 3.07. The molecule has 10 heteroatoms. The quantitative estimate of drug-likeness (QED) is 0.548. The molecule has 4 rings (SSSR count). The Morgan fingerprint density at radius 2 is 1.93 bits per heavy atom. The van der Waals surface area contributed by atoms with Crippen molar-refractivity contribution in [3.8, 4) is 11.8 Å². The van der Waals surface area contributed by atoms with E-state index in [2.05, 4.69) is 25.3 Å². The lowest BCUT2D eigenvalue weighted by Gasteiger charge is -2.17. The number of hydrogen-bond acceptors (Lipinski definition) is 7. The maximum absolute atomic E-state index is 13.9. The fourth-order valence-electron chi connectivity index (χ4n) is 3.05. The number of imidazole rings is 1. The fraction of sp³-hybridized carbons (Fsp3) is 0.105. The number of hydrogen-bond donors (Lipinski definition) is 2. The van der Waals surface area contributed by atoms with Gasteiger partial charge in [0.1, 0.15) is 47.1 Å². The maximum atomic E-state index is 13.9. The van der Waals surface area contributed by atoms with Crippen molar-refractivity contribution in [2.45, 2.75) is 13.0 Å². The molecule has 29 heavy (non-hydrogen) atoms. The molecule has 0 fully saturated rings. The second-order valence-corrected chi connectivity index (χ2v) is 6.24. The van der Waals surface area contributed by atoms with Crippen LogP contribution in [0.3, 0.4) is 0 Å². The summed E-state index contributed by atoms with van der Waals surface area (Å²) in [7, 11) is 0. The molecule has 144 valence electrons. The minimum Gasteiger partial charge on any atom is -0.382 e. The molecule has 1 aromatic carbocycles. The Morgan fingerprint density at radius 1 is 1.17 bits per heavy atom. The fourth-order valence-corrected chi connectivity index (χ4v) is 3.05. The molecule has 3 aromatic heterocycles. The summed E-state index contributed by atoms with van der Waals surface area (Å²) in [5.41, 5.74) is 7.06. The van der Waals surface area contributed by atoms with Crippen molar-refractivity contribution in [3.05, 3.63) is 65.9 Å². The van der Waals surface area contributed by atoms with Gasteiger partial charge in [0.05, 0.1) is 17.2 Å². The molecule has 3 heterocycles. The van der Waals surface area contributed by atoms with E-state index >= 15 is 0 Å². The summed E-state index contributed by atoms with van der Waals surface area (Å²) >= 11 is 0. The van der Waals surface area contributed by atoms with Crippen LogP contribution in [0.4, 0.5) is 20.4 Å². The average molecular weight is 392 g/mol. The number of nitriles is 1. The van der Waals surface area contributed by atoms with E-state index in [1.807, 2.05) is 6.07 Å². The summed E-state index contributed by atoms with van der Waals surface area (Å²) in [4.78, 5) is 16.6. The Kier molecular flexibility index (Phi) is 4.48. The van der Waals surface area contributed by atoms with Crippen molar-refractivity contribution < 1.29 is 8.78 Å². The number of halogens is 2. The summed E-state index contributed by atoms with van der Waals surface area (Å²) in [6.07, 6.45) is 2.81. The van der Waals surface area contributed by atoms with Crippen LogP contribution in [0, 0.1) is 23.0 Å². The number of rotatable bonds is 4. The first-order valence-electron chi connectivity index (χ1n) is 8.55. The van der Waals surface area contributed by atoms with Gasteiger partial charge in [-0.05, 0) is 31.2 Å². The van der Waals surface area contributed by atoms with E-state index < -0.39 is 17.7 Å². The predicted molar refractivity (Wildman–Crippen MR) is 102 cm³/mol. The number of nitrogen functional groups attached to an aromatic ring is 1. The minimum atomic E-state index is -0.715. The molecule has 3 N–H and O–H groups in total. The third-order valence-corrected chi connectivity index (χ3v) is 4.29. The summed E-state index contributed by atoms with van der Waals surface area (Å²) < 4.78 is 29.3. The molecule has 0 saturated carbocycles. The van der Waals surface area contributed by atoms with Gasteiger partial charge in [-0.15, -0.1) is 0 Å². The molecule has 0 saturated heterocycles. The van der Waals surface area contributed by atoms with Crippen LogP contribution < -0.4 is 11.1 Å². The zero-order chi connectivity index (χ0) is 20.5. The van der Waals surface area contributed by atoms with Crippen LogP contribution in [0.25, 0.3) is 16.9 Å². The number of nitrogens with one attached hydrogen (secondary N) is 1. The summed E-state index contributed by atoms with van der Waals surface area (Å²) in [5.74, 6) is -0.742. The zero-order valence-electron chi connectivity index (χ0n) is 15.1. The van der Waals surface area contributed by atoms with Gasteiger partial charge in [0.15, 0.2) is 5.65 Å². The van der Waals surface area contributed by atoms with Crippen molar-refractivity contribution in [2.75, 3.05) is 11.1 Å². The molecular formula is C19H14F2N8. The number of pyridine rings is 1. The number of nitrogens with two attached hydrogens (primary N) is 1. The van der Waals surface area contributed by atoms with E-state index in [4.69, 9.17) is 5.73 Å². The summed E-state index contributed by atoms with van der Waals surface area (Å²) in [6, 6.07) is 8.10. The second kappa shape index (κ2) is 7.12. The highest BCUT2D eigenvalue weighted by atomic mass is 19.1. The highest BCUT2D eigenvalue weighted by Crippen LogP contribution is 2.28. The van der Waals surface area contributed by atoms with E-state index in [9.17, 15) is 14.0 Å². The largest absolute Gasteiger partial charge is 0.382 e. The van der Waals surface area contributed by atoms with E-state index in [0.717, 1.165) is 6.07 Å². The van der Waals surface area contributed by atoms with Gasteiger partial charge in [0, 0.05) is 12.3 Å². The summed E-state index contributed by atoms with van der Waals surface area (Å²) in [5, 5.41) is 12.4. The molecule has 1 atom stereocenters. The molecule has 4 aromatic rings. The van der Waals surface area contributed by atoms with E-state index in [0.29, 0.717) is 17.0 Å². The van der Waals surface area contributed by atoms with E-state index in [1.165, 1.54) is 18.5 Å². The van der Waals surface area contributed by atoms with Gasteiger partial charge >= 0.3 is 0 Å². The number of nitrogens with zero attached hydrogens (tertiary/aromatic N) is 6. The first kappa shape index (κ1) is 18.2. The lowest BCUT2D eigenvalue weighted by molar-refractivity contribution is 0.581. The van der Waals surface area contributed by atoms with Crippen LogP contribution in [0.2, 0.25) is 0 Å². The Morgan fingerprint density at radius 3 is 2.66 bits per heavy atom. The molecule has 0 spiro atoms. The number of fused-ring (bicyclic) bond motifs is 1. The smallest absolute Gasteiger partial charge is 0.178 e. The van der Waals surface area contributed by atoms with Gasteiger partial charge in [0.2, 0.25) is 0 Å². The van der Waals surface area contributed by atoms with Crippen LogP contribution in [0.1, 0.15) is 24.4 Å². The molecule has 0 aliphatic carbocycles. The number of anilines is 2. The number of benzene rings is 1. The summed E-state index contributed by atoms with van der Waals surface area (Å²) in [6.45, 7) is 1.77. The molecule has 0 aliphatic heterocycles. The van der Waals surface area contributed by atoms with Crippen molar-refractivity contribution in [3.63, 3.8) is 0 Å². The SMILES string of the molecule is C[C@@H](Nc1ncnc(N)c1C#N)c1nc2ncccc2n1-c1cc(F)cc(F)c1. The number of aromatic nitrogens is 5. The monoisotopic (exact) mass is 392 g/mol. The van der Waals surface area contributed by atoms with Crippen LogP contribution in [0.15, 0.2) is 42.9 Å². The first-order chi connectivity index (χ1) is 14.0. The molecule has 0 bridgehead atoms. The van der Waals surface area contributed by atoms with Crippen molar-refractivity contribution >= 4 is 22.8 Å². The van der Waals surface area contributed by atoms with Gasteiger partial charge < -0.3 is 11.1 Å². The van der Waals surface area contributed by atoms with Crippen LogP contribution in [-0.4, -0.2) is 24.5 Å².